The molecule has 0 bridgehead atoms. The van der Waals surface area contributed by atoms with Crippen LogP contribution in [0, 0.1) is 12.8 Å². The molecule has 1 N–H and O–H groups in total. The van der Waals surface area contributed by atoms with Crippen LogP contribution in [0.5, 0.6) is 0 Å². The zero-order chi connectivity index (χ0) is 14.5. The summed E-state index contributed by atoms with van der Waals surface area (Å²) >= 11 is 0. The first-order valence-corrected chi connectivity index (χ1v) is 7.97. The lowest BCUT2D eigenvalue weighted by Crippen LogP contribution is -2.30. The van der Waals surface area contributed by atoms with Crippen molar-refractivity contribution in [2.45, 2.75) is 59.0 Å². The summed E-state index contributed by atoms with van der Waals surface area (Å²) < 4.78 is 0. The van der Waals surface area contributed by atoms with Gasteiger partial charge in [-0.1, -0.05) is 26.7 Å². The smallest absolute Gasteiger partial charge is 0.131 e. The Hall–Kier alpha value is -1.09. The van der Waals surface area contributed by atoms with Crippen molar-refractivity contribution in [2.75, 3.05) is 18.5 Å². The Kier molecular flexibility index (Phi) is 5.41. The summed E-state index contributed by atoms with van der Waals surface area (Å²) in [5.74, 6) is 1.85. The number of aryl methyl sites for hydroxylation is 1. The lowest BCUT2D eigenvalue weighted by molar-refractivity contribution is 0.551. The van der Waals surface area contributed by atoms with Crippen molar-refractivity contribution in [3.05, 3.63) is 23.4 Å². The Labute approximate surface area is 123 Å². The number of pyridine rings is 1. The molecule has 0 spiro atoms. The normalized spacial score (nSPS) is 16.1. The molecule has 1 heterocycles. The van der Waals surface area contributed by atoms with Gasteiger partial charge in [-0.3, -0.25) is 0 Å². The monoisotopic (exact) mass is 275 g/mol. The molecule has 1 saturated carbocycles. The second-order valence-corrected chi connectivity index (χ2v) is 6.56. The third-order valence-corrected chi connectivity index (χ3v) is 4.20. The molecule has 0 atom stereocenters. The van der Waals surface area contributed by atoms with Crippen LogP contribution in [0.1, 0.15) is 50.7 Å². The van der Waals surface area contributed by atoms with Crippen LogP contribution in [0.15, 0.2) is 12.3 Å². The Bertz CT molecular complexity index is 422. The zero-order valence-electron chi connectivity index (χ0n) is 13.4. The van der Waals surface area contributed by atoms with Gasteiger partial charge in [-0.15, -0.1) is 0 Å². The van der Waals surface area contributed by atoms with E-state index in [1.165, 1.54) is 36.8 Å². The van der Waals surface area contributed by atoms with Crippen molar-refractivity contribution in [1.29, 1.82) is 0 Å². The molecule has 0 unspecified atom stereocenters. The van der Waals surface area contributed by atoms with E-state index in [1.54, 1.807) is 0 Å². The number of nitrogens with zero attached hydrogens (tertiary/aromatic N) is 2. The highest BCUT2D eigenvalue weighted by atomic mass is 15.2. The molecular weight excluding hydrogens is 246 g/mol. The maximum Gasteiger partial charge on any atom is 0.131 e. The molecule has 3 heteroatoms. The lowest BCUT2D eigenvalue weighted by Gasteiger charge is -2.27. The predicted octanol–water partition coefficient (Wildman–Crippen LogP) is 3.51. The van der Waals surface area contributed by atoms with Gasteiger partial charge >= 0.3 is 0 Å². The Morgan fingerprint density at radius 2 is 2.05 bits per heavy atom. The van der Waals surface area contributed by atoms with Crippen LogP contribution in [0.4, 0.5) is 5.82 Å². The highest BCUT2D eigenvalue weighted by Gasteiger charge is 2.21. The van der Waals surface area contributed by atoms with E-state index in [1.807, 2.05) is 6.20 Å². The highest BCUT2D eigenvalue weighted by molar-refractivity contribution is 5.47. The summed E-state index contributed by atoms with van der Waals surface area (Å²) in [6, 6.07) is 2.97. The Balaban J connectivity index is 1.98. The summed E-state index contributed by atoms with van der Waals surface area (Å²) in [6.07, 6.45) is 7.39. The van der Waals surface area contributed by atoms with Crippen molar-refractivity contribution in [1.82, 2.24) is 10.3 Å². The first-order valence-electron chi connectivity index (χ1n) is 7.97. The average Bonchev–Trinajstić information content (AvgIpc) is 2.91. The van der Waals surface area contributed by atoms with Crippen LogP contribution in [0.3, 0.4) is 0 Å². The van der Waals surface area contributed by atoms with Gasteiger partial charge in [0, 0.05) is 25.8 Å². The van der Waals surface area contributed by atoms with E-state index in [9.17, 15) is 0 Å². The quantitative estimate of drug-likeness (QED) is 0.861. The van der Waals surface area contributed by atoms with E-state index >= 15 is 0 Å². The Morgan fingerprint density at radius 3 is 2.65 bits per heavy atom. The molecule has 20 heavy (non-hydrogen) atoms. The number of rotatable bonds is 6. The molecule has 0 aliphatic heterocycles. The fourth-order valence-corrected chi connectivity index (χ4v) is 3.06. The van der Waals surface area contributed by atoms with Gasteiger partial charge in [0.05, 0.1) is 0 Å². The van der Waals surface area contributed by atoms with Crippen molar-refractivity contribution in [3.63, 3.8) is 0 Å². The van der Waals surface area contributed by atoms with E-state index in [2.05, 4.69) is 44.1 Å². The summed E-state index contributed by atoms with van der Waals surface area (Å²) in [7, 11) is 2.20. The summed E-state index contributed by atoms with van der Waals surface area (Å²) in [4.78, 5) is 7.09. The van der Waals surface area contributed by atoms with E-state index in [0.717, 1.165) is 18.9 Å². The number of hydrogen-bond donors (Lipinski definition) is 1. The molecule has 2 rings (SSSR count). The van der Waals surface area contributed by atoms with Gasteiger partial charge in [-0.05, 0) is 49.4 Å². The summed E-state index contributed by atoms with van der Waals surface area (Å²) in [5.41, 5.74) is 2.58. The van der Waals surface area contributed by atoms with Gasteiger partial charge in [0.25, 0.3) is 0 Å². The number of aromatic nitrogens is 1. The first kappa shape index (κ1) is 15.3. The molecule has 0 radical (unpaired) electrons. The van der Waals surface area contributed by atoms with Crippen molar-refractivity contribution < 1.29 is 0 Å². The topological polar surface area (TPSA) is 28.2 Å². The zero-order valence-corrected chi connectivity index (χ0v) is 13.4. The van der Waals surface area contributed by atoms with Crippen LogP contribution in [0.25, 0.3) is 0 Å². The second-order valence-electron chi connectivity index (χ2n) is 6.56. The van der Waals surface area contributed by atoms with E-state index in [4.69, 9.17) is 4.98 Å². The molecule has 1 aromatic heterocycles. The average molecular weight is 275 g/mol. The minimum Gasteiger partial charge on any atom is -0.356 e. The largest absolute Gasteiger partial charge is 0.356 e. The van der Waals surface area contributed by atoms with Crippen LogP contribution >= 0.6 is 0 Å². The third kappa shape index (κ3) is 3.95. The molecule has 0 amide bonds. The number of anilines is 1. The fourth-order valence-electron chi connectivity index (χ4n) is 3.06. The van der Waals surface area contributed by atoms with Crippen LogP contribution < -0.4 is 10.2 Å². The third-order valence-electron chi connectivity index (χ3n) is 4.20. The van der Waals surface area contributed by atoms with E-state index < -0.39 is 0 Å². The molecule has 1 aromatic rings. The molecule has 1 aliphatic rings. The molecular formula is C17H29N3. The predicted molar refractivity (Wildman–Crippen MR) is 86.2 cm³/mol. The fraction of sp³-hybridized carbons (Fsp3) is 0.706. The van der Waals surface area contributed by atoms with E-state index in [0.29, 0.717) is 12.0 Å². The number of hydrogen-bond acceptors (Lipinski definition) is 3. The van der Waals surface area contributed by atoms with Gasteiger partial charge < -0.3 is 10.2 Å². The molecule has 1 aliphatic carbocycles. The Morgan fingerprint density at radius 1 is 1.35 bits per heavy atom. The minimum atomic E-state index is 0.686. The molecule has 0 aromatic carbocycles. The van der Waals surface area contributed by atoms with Gasteiger partial charge in [-0.25, -0.2) is 4.98 Å². The minimum absolute atomic E-state index is 0.686. The summed E-state index contributed by atoms with van der Waals surface area (Å²) in [5, 5.41) is 3.48. The standard InChI is InChI=1S/C17H29N3/c1-13(2)10-18-11-15-9-14(3)17(19-12-15)20(4)16-7-5-6-8-16/h9,12-13,16,18H,5-8,10-11H2,1-4H3. The van der Waals surface area contributed by atoms with Crippen LogP contribution in [-0.4, -0.2) is 24.6 Å². The van der Waals surface area contributed by atoms with Gasteiger partial charge in [0.1, 0.15) is 5.82 Å². The summed E-state index contributed by atoms with van der Waals surface area (Å²) in [6.45, 7) is 8.62. The molecule has 112 valence electrons. The highest BCUT2D eigenvalue weighted by Crippen LogP contribution is 2.27. The molecule has 3 nitrogen and oxygen atoms in total. The second kappa shape index (κ2) is 7.07. The van der Waals surface area contributed by atoms with Crippen molar-refractivity contribution in [3.8, 4) is 0 Å². The van der Waals surface area contributed by atoms with Crippen molar-refractivity contribution in [2.24, 2.45) is 5.92 Å². The van der Waals surface area contributed by atoms with E-state index in [-0.39, 0.29) is 0 Å². The first-order chi connectivity index (χ1) is 9.58. The lowest BCUT2D eigenvalue weighted by atomic mass is 10.1. The molecule has 1 fully saturated rings. The number of nitrogens with one attached hydrogen (secondary N) is 1. The van der Waals surface area contributed by atoms with Gasteiger partial charge in [0.2, 0.25) is 0 Å². The maximum atomic E-state index is 4.71. The SMILES string of the molecule is Cc1cc(CNCC(C)C)cnc1N(C)C1CCCC1. The maximum absolute atomic E-state index is 4.71. The van der Waals surface area contributed by atoms with Gasteiger partial charge in [-0.2, -0.15) is 0 Å². The van der Waals surface area contributed by atoms with Crippen LogP contribution in [0.2, 0.25) is 0 Å². The van der Waals surface area contributed by atoms with Crippen LogP contribution in [-0.2, 0) is 6.54 Å². The van der Waals surface area contributed by atoms with Gasteiger partial charge in [0.15, 0.2) is 0 Å². The molecule has 0 saturated heterocycles. The van der Waals surface area contributed by atoms with Crippen molar-refractivity contribution >= 4 is 5.82 Å².